The molecular weight excluding hydrogens is 470 g/mol. The van der Waals surface area contributed by atoms with Crippen LogP contribution in [0.15, 0.2) is 24.3 Å². The lowest BCUT2D eigenvalue weighted by molar-refractivity contribution is -0.292. The average Bonchev–Trinajstić information content (AvgIpc) is 2.82. The molecule has 1 N–H and O–H groups in total. The van der Waals surface area contributed by atoms with Crippen molar-refractivity contribution in [1.29, 1.82) is 0 Å². The summed E-state index contributed by atoms with van der Waals surface area (Å²) in [5.41, 5.74) is 1.04. The lowest BCUT2D eigenvalue weighted by Gasteiger charge is -2.35. The number of nitrogens with one attached hydrogen (secondary N) is 1. The predicted molar refractivity (Wildman–Crippen MR) is 132 cm³/mol. The molecule has 2 unspecified atom stereocenters. The van der Waals surface area contributed by atoms with Crippen molar-refractivity contribution < 1.29 is 43.4 Å². The number of carbonyl (C=O) groups is 3. The van der Waals surface area contributed by atoms with Gasteiger partial charge < -0.3 is 14.8 Å². The van der Waals surface area contributed by atoms with E-state index in [0.29, 0.717) is 19.3 Å². The molecule has 2 atom stereocenters. The minimum atomic E-state index is -0.571. The first-order valence-electron chi connectivity index (χ1n) is 12.4. The summed E-state index contributed by atoms with van der Waals surface area (Å²) in [5, 5.41) is 3.01. The Hall–Kier alpha value is -2.27. The molecule has 1 amide bonds. The van der Waals surface area contributed by atoms with Crippen molar-refractivity contribution in [3.8, 4) is 0 Å². The molecule has 10 nitrogen and oxygen atoms in total. The maximum Gasteiger partial charge on any atom is 0.309 e. The summed E-state index contributed by atoms with van der Waals surface area (Å²) in [4.78, 5) is 58.0. The molecular formula is C26H43NO9. The minimum Gasteiger partial charge on any atom is -0.463 e. The van der Waals surface area contributed by atoms with Crippen LogP contribution in [0.1, 0.15) is 60.3 Å². The third-order valence-electron chi connectivity index (χ3n) is 5.81. The van der Waals surface area contributed by atoms with Gasteiger partial charge in [-0.05, 0) is 39.5 Å². The smallest absolute Gasteiger partial charge is 0.309 e. The van der Waals surface area contributed by atoms with E-state index >= 15 is 0 Å². The highest BCUT2D eigenvalue weighted by molar-refractivity contribution is 5.82. The summed E-state index contributed by atoms with van der Waals surface area (Å²) in [5.74, 6) is -2.18. The lowest BCUT2D eigenvalue weighted by atomic mass is 9.78. The first-order valence-corrected chi connectivity index (χ1v) is 12.4. The van der Waals surface area contributed by atoms with Gasteiger partial charge in [-0.2, -0.15) is 0 Å². The molecule has 206 valence electrons. The van der Waals surface area contributed by atoms with Gasteiger partial charge in [0.2, 0.25) is 5.91 Å². The van der Waals surface area contributed by atoms with Gasteiger partial charge in [0.1, 0.15) is 39.6 Å². The maximum atomic E-state index is 12.7. The Balaban J connectivity index is 2.66. The normalized spacial score (nSPS) is 19.9. The summed E-state index contributed by atoms with van der Waals surface area (Å²) in [7, 11) is 0. The van der Waals surface area contributed by atoms with Crippen molar-refractivity contribution in [1.82, 2.24) is 5.32 Å². The number of amides is 1. The highest BCUT2D eigenvalue weighted by Gasteiger charge is 2.39. The third-order valence-corrected chi connectivity index (χ3v) is 5.81. The number of carbonyl (C=O) groups excluding carboxylic acids is 3. The third kappa shape index (κ3) is 12.6. The van der Waals surface area contributed by atoms with Gasteiger partial charge in [0.15, 0.2) is 0 Å². The molecule has 0 aromatic carbocycles. The molecule has 0 heterocycles. The van der Waals surface area contributed by atoms with Crippen molar-refractivity contribution in [2.75, 3.05) is 39.6 Å². The van der Waals surface area contributed by atoms with Gasteiger partial charge in [-0.1, -0.05) is 45.1 Å². The Bertz CT molecular complexity index is 704. The predicted octanol–water partition coefficient (Wildman–Crippen LogP) is 3.46. The summed E-state index contributed by atoms with van der Waals surface area (Å²) in [6.07, 6.45) is 1.67. The minimum absolute atomic E-state index is 0.00203. The van der Waals surface area contributed by atoms with Crippen LogP contribution in [0.4, 0.5) is 0 Å². The van der Waals surface area contributed by atoms with Gasteiger partial charge in [-0.25, -0.2) is 19.6 Å². The zero-order chi connectivity index (χ0) is 27.1. The fourth-order valence-electron chi connectivity index (χ4n) is 3.35. The van der Waals surface area contributed by atoms with Crippen LogP contribution >= 0.6 is 0 Å². The lowest BCUT2D eigenvalue weighted by Crippen LogP contribution is -2.48. The molecule has 1 aliphatic carbocycles. The van der Waals surface area contributed by atoms with E-state index in [2.05, 4.69) is 18.5 Å². The Kier molecular flexibility index (Phi) is 14.5. The van der Waals surface area contributed by atoms with Crippen molar-refractivity contribution in [3.05, 3.63) is 24.3 Å². The van der Waals surface area contributed by atoms with E-state index in [9.17, 15) is 14.4 Å². The Labute approximate surface area is 214 Å². The second kappa shape index (κ2) is 16.5. The molecule has 0 bridgehead atoms. The van der Waals surface area contributed by atoms with Gasteiger partial charge in [-0.15, -0.1) is 0 Å². The van der Waals surface area contributed by atoms with Crippen molar-refractivity contribution >= 4 is 17.8 Å². The fourth-order valence-corrected chi connectivity index (χ4v) is 3.35. The monoisotopic (exact) mass is 513 g/mol. The Morgan fingerprint density at radius 3 is 1.61 bits per heavy atom. The molecule has 0 radical (unpaired) electrons. The number of rotatable bonds is 17. The van der Waals surface area contributed by atoms with Crippen LogP contribution in [-0.4, -0.2) is 63.5 Å². The first kappa shape index (κ1) is 31.8. The van der Waals surface area contributed by atoms with Crippen LogP contribution < -0.4 is 5.32 Å². The van der Waals surface area contributed by atoms with Crippen LogP contribution in [0.3, 0.4) is 0 Å². The topological polar surface area (TPSA) is 119 Å². The van der Waals surface area contributed by atoms with Crippen LogP contribution in [0.25, 0.3) is 0 Å². The molecule has 0 spiro atoms. The van der Waals surface area contributed by atoms with E-state index in [4.69, 9.17) is 29.0 Å². The van der Waals surface area contributed by atoms with Crippen LogP contribution in [0.5, 0.6) is 0 Å². The molecule has 1 fully saturated rings. The van der Waals surface area contributed by atoms with E-state index < -0.39 is 29.2 Å². The largest absolute Gasteiger partial charge is 0.463 e. The fraction of sp³-hybridized carbons (Fsp3) is 0.731. The SMILES string of the molecule is C=C(C)COOCCOC(=O)C1CC(NC(=O)C(C)(C)CC)CC(C(=O)OCCOOCC(=C)C)C1. The van der Waals surface area contributed by atoms with Gasteiger partial charge >= 0.3 is 11.9 Å². The number of hydrogen-bond donors (Lipinski definition) is 1. The van der Waals surface area contributed by atoms with E-state index in [0.717, 1.165) is 11.1 Å². The van der Waals surface area contributed by atoms with E-state index in [-0.39, 0.29) is 58.0 Å². The quantitative estimate of drug-likeness (QED) is 0.103. The number of esters is 2. The van der Waals surface area contributed by atoms with Crippen LogP contribution in [0.2, 0.25) is 0 Å². The van der Waals surface area contributed by atoms with Gasteiger partial charge in [0, 0.05) is 11.5 Å². The summed E-state index contributed by atoms with van der Waals surface area (Å²) in [6, 6.07) is -0.363. The molecule has 0 aromatic rings. The summed E-state index contributed by atoms with van der Waals surface area (Å²) < 4.78 is 10.7. The van der Waals surface area contributed by atoms with Gasteiger partial charge in [0.25, 0.3) is 0 Å². The Morgan fingerprint density at radius 1 is 0.778 bits per heavy atom. The highest BCUT2D eigenvalue weighted by Crippen LogP contribution is 2.32. The van der Waals surface area contributed by atoms with Crippen molar-refractivity contribution in [3.63, 3.8) is 0 Å². The van der Waals surface area contributed by atoms with E-state index in [1.165, 1.54) is 0 Å². The van der Waals surface area contributed by atoms with Gasteiger partial charge in [0.05, 0.1) is 11.8 Å². The second-order valence-electron chi connectivity index (χ2n) is 9.93. The molecule has 1 saturated carbocycles. The van der Waals surface area contributed by atoms with Crippen molar-refractivity contribution in [2.24, 2.45) is 17.3 Å². The van der Waals surface area contributed by atoms with Crippen LogP contribution in [0, 0.1) is 17.3 Å². The standard InChI is InChI=1S/C26H43NO9/c1-8-26(6,7)25(30)27-22-14-20(23(28)31-9-11-33-35-16-18(2)3)13-21(15-22)24(29)32-10-12-34-36-17-19(4)5/h20-22H,2,4,8-17H2,1,3,5-7H3,(H,27,30). The molecule has 0 saturated heterocycles. The molecule has 0 aliphatic heterocycles. The van der Waals surface area contributed by atoms with Crippen molar-refractivity contribution in [2.45, 2.75) is 66.3 Å². The summed E-state index contributed by atoms with van der Waals surface area (Å²) in [6.45, 7) is 17.3. The second-order valence-corrected chi connectivity index (χ2v) is 9.93. The highest BCUT2D eigenvalue weighted by atomic mass is 17.2. The molecule has 1 aliphatic rings. The Morgan fingerprint density at radius 2 is 1.22 bits per heavy atom. The van der Waals surface area contributed by atoms with E-state index in [1.807, 2.05) is 20.8 Å². The average molecular weight is 514 g/mol. The molecule has 1 rings (SSSR count). The van der Waals surface area contributed by atoms with Crippen LogP contribution in [-0.2, 0) is 43.4 Å². The zero-order valence-corrected chi connectivity index (χ0v) is 22.4. The molecule has 0 aromatic heterocycles. The first-order chi connectivity index (χ1) is 17.0. The summed E-state index contributed by atoms with van der Waals surface area (Å²) >= 11 is 0. The van der Waals surface area contributed by atoms with E-state index in [1.54, 1.807) is 13.8 Å². The molecule has 10 heteroatoms. The number of hydrogen-bond acceptors (Lipinski definition) is 9. The number of ether oxygens (including phenoxy) is 2. The molecule has 36 heavy (non-hydrogen) atoms. The van der Waals surface area contributed by atoms with Gasteiger partial charge in [-0.3, -0.25) is 14.4 Å². The maximum absolute atomic E-state index is 12.7. The zero-order valence-electron chi connectivity index (χ0n) is 22.4.